The summed E-state index contributed by atoms with van der Waals surface area (Å²) in [6.45, 7) is 5.87. The Morgan fingerprint density at radius 2 is 2.11 bits per heavy atom. The van der Waals surface area contributed by atoms with Gasteiger partial charge in [0, 0.05) is 17.3 Å². The zero-order valence-corrected chi connectivity index (χ0v) is 12.9. The van der Waals surface area contributed by atoms with Crippen LogP contribution in [0.1, 0.15) is 49.7 Å². The van der Waals surface area contributed by atoms with Gasteiger partial charge >= 0.3 is 0 Å². The van der Waals surface area contributed by atoms with E-state index in [1.165, 1.54) is 43.5 Å². The number of rotatable bonds is 4. The lowest BCUT2D eigenvalue weighted by Crippen LogP contribution is -2.45. The molecule has 1 heterocycles. The summed E-state index contributed by atoms with van der Waals surface area (Å²) >= 11 is 2.16. The molecular formula is C17H25NS. The highest BCUT2D eigenvalue weighted by Crippen LogP contribution is 2.40. The van der Waals surface area contributed by atoms with Crippen molar-refractivity contribution >= 4 is 11.8 Å². The predicted molar refractivity (Wildman–Crippen MR) is 85.0 cm³/mol. The van der Waals surface area contributed by atoms with E-state index in [4.69, 9.17) is 0 Å². The summed E-state index contributed by atoms with van der Waals surface area (Å²) in [5, 5.41) is 3.80. The molecule has 2 aliphatic rings. The normalized spacial score (nSPS) is 34.2. The summed E-state index contributed by atoms with van der Waals surface area (Å²) in [5.41, 5.74) is 3.03. The summed E-state index contributed by atoms with van der Waals surface area (Å²) < 4.78 is 0.508. The lowest BCUT2D eigenvalue weighted by molar-refractivity contribution is 0.282. The second-order valence-corrected chi connectivity index (χ2v) is 8.19. The predicted octanol–water partition coefficient (Wildman–Crippen LogP) is 4.12. The molecule has 1 nitrogen and oxygen atoms in total. The van der Waals surface area contributed by atoms with E-state index >= 15 is 0 Å². The fourth-order valence-electron chi connectivity index (χ4n) is 3.42. The van der Waals surface area contributed by atoms with Crippen molar-refractivity contribution in [2.24, 2.45) is 0 Å². The molecule has 1 saturated heterocycles. The number of aryl methyl sites for hydroxylation is 1. The van der Waals surface area contributed by atoms with Crippen LogP contribution in [0.2, 0.25) is 0 Å². The van der Waals surface area contributed by atoms with Gasteiger partial charge in [-0.25, -0.2) is 0 Å². The van der Waals surface area contributed by atoms with Crippen molar-refractivity contribution in [3.8, 4) is 0 Å². The van der Waals surface area contributed by atoms with Gasteiger partial charge in [-0.05, 0) is 62.3 Å². The largest absolute Gasteiger partial charge is 0.313 e. The Labute approximate surface area is 121 Å². The molecule has 1 N–H and O–H groups in total. The van der Waals surface area contributed by atoms with E-state index in [-0.39, 0.29) is 0 Å². The summed E-state index contributed by atoms with van der Waals surface area (Å²) in [6, 6.07) is 9.63. The number of benzene rings is 1. The maximum atomic E-state index is 3.80. The first kappa shape index (κ1) is 13.5. The van der Waals surface area contributed by atoms with Gasteiger partial charge < -0.3 is 5.32 Å². The molecule has 2 heteroatoms. The van der Waals surface area contributed by atoms with Crippen molar-refractivity contribution in [3.05, 3.63) is 35.4 Å². The average molecular weight is 275 g/mol. The number of hydrogen-bond donors (Lipinski definition) is 1. The van der Waals surface area contributed by atoms with Gasteiger partial charge in [0.15, 0.2) is 0 Å². The fourth-order valence-corrected chi connectivity index (χ4v) is 4.68. The van der Waals surface area contributed by atoms with Crippen molar-refractivity contribution < 1.29 is 0 Å². The zero-order valence-electron chi connectivity index (χ0n) is 12.1. The molecule has 0 spiro atoms. The Bertz CT molecular complexity index is 431. The van der Waals surface area contributed by atoms with Crippen LogP contribution in [0.4, 0.5) is 0 Å². The van der Waals surface area contributed by atoms with Crippen LogP contribution in [0, 0.1) is 6.92 Å². The van der Waals surface area contributed by atoms with Crippen molar-refractivity contribution in [3.63, 3.8) is 0 Å². The molecule has 0 amide bonds. The highest BCUT2D eigenvalue weighted by molar-refractivity contribution is 8.00. The molecular weight excluding hydrogens is 250 g/mol. The van der Waals surface area contributed by atoms with Crippen LogP contribution >= 0.6 is 11.8 Å². The molecule has 1 unspecified atom stereocenters. The van der Waals surface area contributed by atoms with Gasteiger partial charge in [-0.1, -0.05) is 24.3 Å². The van der Waals surface area contributed by atoms with Gasteiger partial charge in [0.1, 0.15) is 0 Å². The Morgan fingerprint density at radius 1 is 1.32 bits per heavy atom. The maximum absolute atomic E-state index is 3.80. The minimum Gasteiger partial charge on any atom is -0.313 e. The van der Waals surface area contributed by atoms with Crippen molar-refractivity contribution in [2.45, 2.75) is 56.2 Å². The van der Waals surface area contributed by atoms with E-state index < -0.39 is 0 Å². The van der Waals surface area contributed by atoms with E-state index in [1.54, 1.807) is 5.56 Å². The van der Waals surface area contributed by atoms with Crippen LogP contribution in [0.15, 0.2) is 24.3 Å². The fraction of sp³-hybridized carbons (Fsp3) is 0.647. The third-order valence-corrected chi connectivity index (χ3v) is 6.37. The standard InChI is InChI=1S/C17H25NS/c1-13-6-3-4-7-16(13)14-10-15(11-14)18-12-17(2)8-5-9-19-17/h3-4,6-7,14-15,18H,5,8-12H2,1-2H3. The van der Waals surface area contributed by atoms with E-state index in [0.717, 1.165) is 12.0 Å². The summed E-state index contributed by atoms with van der Waals surface area (Å²) in [6.07, 6.45) is 5.44. The van der Waals surface area contributed by atoms with E-state index in [0.29, 0.717) is 4.75 Å². The monoisotopic (exact) mass is 275 g/mol. The molecule has 0 radical (unpaired) electrons. The third-order valence-electron chi connectivity index (χ3n) is 4.83. The second kappa shape index (κ2) is 5.49. The molecule has 1 aliphatic carbocycles. The van der Waals surface area contributed by atoms with Crippen molar-refractivity contribution in [2.75, 3.05) is 12.3 Å². The van der Waals surface area contributed by atoms with Gasteiger partial charge in [0.05, 0.1) is 0 Å². The molecule has 0 aromatic heterocycles. The number of hydrogen-bond acceptors (Lipinski definition) is 2. The first-order valence-corrected chi connectivity index (χ1v) is 8.58. The van der Waals surface area contributed by atoms with Crippen LogP contribution in [0.5, 0.6) is 0 Å². The van der Waals surface area contributed by atoms with E-state index in [9.17, 15) is 0 Å². The SMILES string of the molecule is Cc1ccccc1C1CC(NCC2(C)CCCS2)C1. The Morgan fingerprint density at radius 3 is 2.79 bits per heavy atom. The molecule has 1 saturated carbocycles. The molecule has 1 aromatic rings. The topological polar surface area (TPSA) is 12.0 Å². The van der Waals surface area contributed by atoms with Crippen molar-refractivity contribution in [1.82, 2.24) is 5.32 Å². The lowest BCUT2D eigenvalue weighted by Gasteiger charge is -2.39. The quantitative estimate of drug-likeness (QED) is 0.887. The summed E-state index contributed by atoms with van der Waals surface area (Å²) in [4.78, 5) is 0. The smallest absolute Gasteiger partial charge is 0.0256 e. The Kier molecular flexibility index (Phi) is 3.91. The molecule has 1 atom stereocenters. The molecule has 2 fully saturated rings. The summed E-state index contributed by atoms with van der Waals surface area (Å²) in [7, 11) is 0. The van der Waals surface area contributed by atoms with Gasteiger partial charge in [-0.2, -0.15) is 11.8 Å². The molecule has 1 aromatic carbocycles. The molecule has 19 heavy (non-hydrogen) atoms. The highest BCUT2D eigenvalue weighted by Gasteiger charge is 2.34. The van der Waals surface area contributed by atoms with Gasteiger partial charge in [0.2, 0.25) is 0 Å². The lowest BCUT2D eigenvalue weighted by atomic mass is 9.74. The van der Waals surface area contributed by atoms with Crippen LogP contribution in [0.3, 0.4) is 0 Å². The molecule has 0 bridgehead atoms. The van der Waals surface area contributed by atoms with Crippen LogP contribution < -0.4 is 5.32 Å². The van der Waals surface area contributed by atoms with Gasteiger partial charge in [-0.3, -0.25) is 0 Å². The van der Waals surface area contributed by atoms with Crippen LogP contribution in [-0.4, -0.2) is 23.1 Å². The maximum Gasteiger partial charge on any atom is 0.0256 e. The van der Waals surface area contributed by atoms with Crippen LogP contribution in [-0.2, 0) is 0 Å². The molecule has 3 rings (SSSR count). The van der Waals surface area contributed by atoms with Gasteiger partial charge in [-0.15, -0.1) is 0 Å². The zero-order chi connectivity index (χ0) is 13.3. The Hall–Kier alpha value is -0.470. The van der Waals surface area contributed by atoms with E-state index in [2.05, 4.69) is 55.2 Å². The van der Waals surface area contributed by atoms with E-state index in [1.807, 2.05) is 0 Å². The second-order valence-electron chi connectivity index (χ2n) is 6.50. The minimum atomic E-state index is 0.508. The minimum absolute atomic E-state index is 0.508. The molecule has 1 aliphatic heterocycles. The van der Waals surface area contributed by atoms with Crippen molar-refractivity contribution in [1.29, 1.82) is 0 Å². The first-order chi connectivity index (χ1) is 9.16. The highest BCUT2D eigenvalue weighted by atomic mass is 32.2. The molecule has 104 valence electrons. The summed E-state index contributed by atoms with van der Waals surface area (Å²) in [5.74, 6) is 2.15. The Balaban J connectivity index is 1.47. The average Bonchev–Trinajstić information content (AvgIpc) is 2.77. The number of nitrogens with one attached hydrogen (secondary N) is 1. The van der Waals surface area contributed by atoms with Gasteiger partial charge in [0.25, 0.3) is 0 Å². The van der Waals surface area contributed by atoms with Crippen LogP contribution in [0.25, 0.3) is 0 Å². The number of thioether (sulfide) groups is 1. The first-order valence-electron chi connectivity index (χ1n) is 7.59. The third kappa shape index (κ3) is 3.00.